The highest BCUT2D eigenvalue weighted by atomic mass is 32.2. The van der Waals surface area contributed by atoms with Gasteiger partial charge < -0.3 is 20.3 Å². The molecule has 1 amide bonds. The maximum Gasteiger partial charge on any atom is 0.253 e. The number of dihydropyridines is 1. The number of rotatable bonds is 15. The van der Waals surface area contributed by atoms with E-state index in [1.807, 2.05) is 63.3 Å². The molecule has 1 aromatic rings. The van der Waals surface area contributed by atoms with Crippen LogP contribution in [0.1, 0.15) is 64.0 Å². The minimum atomic E-state index is -3.19. The maximum absolute atomic E-state index is 13.4. The molecule has 0 spiro atoms. The first-order valence-electron chi connectivity index (χ1n) is 16.2. The number of allylic oxidation sites excluding steroid dienone is 4. The van der Waals surface area contributed by atoms with E-state index in [2.05, 4.69) is 33.6 Å². The first-order valence-corrected chi connectivity index (χ1v) is 18.0. The first-order chi connectivity index (χ1) is 21.8. The monoisotopic (exact) mass is 660 g/mol. The van der Waals surface area contributed by atoms with Crippen LogP contribution in [0.3, 0.4) is 0 Å². The van der Waals surface area contributed by atoms with Crippen LogP contribution in [0.2, 0.25) is 0 Å². The molecule has 13 heteroatoms. The molecule has 1 fully saturated rings. The highest BCUT2D eigenvalue weighted by molar-refractivity contribution is 7.91. The zero-order valence-electron chi connectivity index (χ0n) is 27.2. The Bertz CT molecular complexity index is 1340. The largest absolute Gasteiger partial charge is 0.390 e. The molecule has 0 aromatic heterocycles. The Morgan fingerprint density at radius 1 is 1.15 bits per heavy atom. The predicted molar refractivity (Wildman–Crippen MR) is 179 cm³/mol. The van der Waals surface area contributed by atoms with Crippen LogP contribution in [0.4, 0.5) is 0 Å². The van der Waals surface area contributed by atoms with Crippen molar-refractivity contribution in [3.8, 4) is 0 Å². The van der Waals surface area contributed by atoms with Gasteiger partial charge in [0.25, 0.3) is 5.91 Å². The first kappa shape index (κ1) is 36.2. The number of sulfone groups is 1. The van der Waals surface area contributed by atoms with Crippen molar-refractivity contribution in [1.82, 2.24) is 26.5 Å². The maximum atomic E-state index is 13.4. The number of hydrazine groups is 2. The molecule has 6 atom stereocenters. The zero-order chi connectivity index (χ0) is 33.3. The normalized spacial score (nSPS) is 23.8. The molecule has 2 heterocycles. The lowest BCUT2D eigenvalue weighted by molar-refractivity contribution is -0.159. The third-order valence-corrected chi connectivity index (χ3v) is 10.5. The molecule has 256 valence electrons. The number of amides is 1. The summed E-state index contributed by atoms with van der Waals surface area (Å²) in [4.78, 5) is 13.4. The Balaban J connectivity index is 1.51. The number of carbonyl (C=O) groups excluding carboxylic acids is 1. The number of hydrogen-bond acceptors (Lipinski definition) is 11. The second-order valence-corrected chi connectivity index (χ2v) is 15.9. The molecule has 46 heavy (non-hydrogen) atoms. The Morgan fingerprint density at radius 3 is 2.50 bits per heavy atom. The minimum absolute atomic E-state index is 0.0267. The number of carbonyl (C=O) groups is 1. The van der Waals surface area contributed by atoms with Gasteiger partial charge in [0.1, 0.15) is 6.04 Å². The summed E-state index contributed by atoms with van der Waals surface area (Å²) in [5.74, 6) is 5.60. The standard InChI is InChI=1S/C33H52N6O6S/c1-33(2,3)30(37-34)31(41)38-39(20-24-12-14-25(15-13-24)27-11-7-8-17-35-27)21-29(40)28(19-23-9-5-4-6-10-23)36-32(42)45-26-16-18-46(43,44)22-26/h4-5,7-8,11-15,23,26,28-30,32,35-37,40,42H,6,9-10,16-22,34H2,1-3H3,(H,38,41)/t23-,26?,28?,29?,30?,32+/m1/s1. The molecule has 4 rings (SSSR count). The number of benzene rings is 1. The van der Waals surface area contributed by atoms with Crippen molar-refractivity contribution in [2.45, 2.75) is 90.1 Å². The quantitative estimate of drug-likeness (QED) is 0.0627. The molecule has 12 nitrogen and oxygen atoms in total. The van der Waals surface area contributed by atoms with E-state index >= 15 is 0 Å². The van der Waals surface area contributed by atoms with Crippen molar-refractivity contribution < 1.29 is 28.2 Å². The molecule has 0 saturated carbocycles. The van der Waals surface area contributed by atoms with E-state index in [-0.39, 0.29) is 29.9 Å². The number of aliphatic hydroxyl groups excluding tert-OH is 2. The number of nitrogens with one attached hydrogen (secondary N) is 4. The van der Waals surface area contributed by atoms with E-state index in [4.69, 9.17) is 10.6 Å². The van der Waals surface area contributed by atoms with Gasteiger partial charge in [-0.1, -0.05) is 69.3 Å². The van der Waals surface area contributed by atoms with E-state index in [0.29, 0.717) is 19.4 Å². The molecule has 1 aliphatic carbocycles. The van der Waals surface area contributed by atoms with Gasteiger partial charge in [-0.2, -0.15) is 0 Å². The van der Waals surface area contributed by atoms with Gasteiger partial charge >= 0.3 is 0 Å². The lowest BCUT2D eigenvalue weighted by atomic mass is 9.86. The van der Waals surface area contributed by atoms with Crippen LogP contribution >= 0.6 is 0 Å². The van der Waals surface area contributed by atoms with Crippen LogP contribution in [0.5, 0.6) is 0 Å². The lowest BCUT2D eigenvalue weighted by Crippen LogP contribution is -2.59. The van der Waals surface area contributed by atoms with Gasteiger partial charge in [0.05, 0.1) is 23.7 Å². The summed E-state index contributed by atoms with van der Waals surface area (Å²) in [6.45, 7) is 6.84. The second kappa shape index (κ2) is 16.5. The Morgan fingerprint density at radius 2 is 1.91 bits per heavy atom. The molecule has 0 radical (unpaired) electrons. The molecule has 2 aliphatic heterocycles. The summed E-state index contributed by atoms with van der Waals surface area (Å²) >= 11 is 0. The summed E-state index contributed by atoms with van der Waals surface area (Å²) in [5.41, 5.74) is 8.10. The van der Waals surface area contributed by atoms with Gasteiger partial charge in [-0.25, -0.2) is 18.9 Å². The number of aliphatic hydroxyl groups is 2. The summed E-state index contributed by atoms with van der Waals surface area (Å²) in [6, 6.07) is 6.70. The highest BCUT2D eigenvalue weighted by Gasteiger charge is 2.34. The van der Waals surface area contributed by atoms with Gasteiger partial charge in [-0.3, -0.25) is 21.4 Å². The molecule has 8 N–H and O–H groups in total. The fourth-order valence-electron chi connectivity index (χ4n) is 6.15. The van der Waals surface area contributed by atoms with Gasteiger partial charge in [0, 0.05) is 31.4 Å². The summed E-state index contributed by atoms with van der Waals surface area (Å²) in [6.07, 6.45) is 10.9. The fraction of sp³-hybridized carbons (Fsp3) is 0.606. The molecule has 4 unspecified atom stereocenters. The molecular weight excluding hydrogens is 608 g/mol. The summed E-state index contributed by atoms with van der Waals surface area (Å²) in [5, 5.41) is 30.5. The van der Waals surface area contributed by atoms with Crippen LogP contribution in [0, 0.1) is 11.3 Å². The topological polar surface area (TPSA) is 178 Å². The van der Waals surface area contributed by atoms with E-state index in [1.54, 1.807) is 5.01 Å². The van der Waals surface area contributed by atoms with Crippen molar-refractivity contribution >= 4 is 21.4 Å². The average Bonchev–Trinajstić information content (AvgIpc) is 3.35. The van der Waals surface area contributed by atoms with Crippen LogP contribution in [-0.4, -0.2) is 84.8 Å². The highest BCUT2D eigenvalue weighted by Crippen LogP contribution is 2.25. The molecule has 3 aliphatic rings. The van der Waals surface area contributed by atoms with Crippen molar-refractivity contribution in [3.63, 3.8) is 0 Å². The van der Waals surface area contributed by atoms with Gasteiger partial charge in [0.15, 0.2) is 9.84 Å². The van der Waals surface area contributed by atoms with Crippen molar-refractivity contribution in [1.29, 1.82) is 0 Å². The SMILES string of the molecule is CC(C)(C)C(NN)C(=O)NN(Cc1ccc(C2=CC=CCN2)cc1)CC(O)C(C[C@@H]1CC=CCC1)N[C@@H](O)OC1CCS(=O)(=O)C1. The van der Waals surface area contributed by atoms with Crippen LogP contribution in [0.25, 0.3) is 5.70 Å². The predicted octanol–water partition coefficient (Wildman–Crippen LogP) is 1.44. The lowest BCUT2D eigenvalue weighted by Gasteiger charge is -2.35. The second-order valence-electron chi connectivity index (χ2n) is 13.6. The Labute approximate surface area is 273 Å². The van der Waals surface area contributed by atoms with E-state index < -0.39 is 46.0 Å². The fourth-order valence-corrected chi connectivity index (χ4v) is 7.75. The van der Waals surface area contributed by atoms with Crippen molar-refractivity contribution in [2.75, 3.05) is 24.6 Å². The summed E-state index contributed by atoms with van der Waals surface area (Å²) < 4.78 is 29.5. The molecule has 0 bridgehead atoms. The molecule has 1 aromatic carbocycles. The third-order valence-electron chi connectivity index (χ3n) is 8.72. The number of nitrogens with two attached hydrogens (primary N) is 1. The van der Waals surface area contributed by atoms with Crippen LogP contribution < -0.4 is 27.3 Å². The van der Waals surface area contributed by atoms with Crippen LogP contribution in [0.15, 0.2) is 54.6 Å². The van der Waals surface area contributed by atoms with E-state index in [0.717, 1.165) is 42.6 Å². The van der Waals surface area contributed by atoms with Gasteiger partial charge in [-0.05, 0) is 60.6 Å². The average molecular weight is 661 g/mol. The molecular formula is C33H52N6O6S. The minimum Gasteiger partial charge on any atom is -0.390 e. The van der Waals surface area contributed by atoms with Crippen LogP contribution in [-0.2, 0) is 25.9 Å². The zero-order valence-corrected chi connectivity index (χ0v) is 28.0. The third kappa shape index (κ3) is 11.0. The smallest absolute Gasteiger partial charge is 0.253 e. The van der Waals surface area contributed by atoms with Crippen molar-refractivity contribution in [3.05, 3.63) is 65.8 Å². The molecule has 1 saturated heterocycles. The number of hydrogen-bond donors (Lipinski definition) is 7. The van der Waals surface area contributed by atoms with Gasteiger partial charge in [-0.15, -0.1) is 0 Å². The number of ether oxygens (including phenoxy) is 1. The van der Waals surface area contributed by atoms with E-state index in [1.165, 1.54) is 0 Å². The van der Waals surface area contributed by atoms with Gasteiger partial charge in [0.2, 0.25) is 6.41 Å². The Kier molecular flexibility index (Phi) is 13.0. The van der Waals surface area contributed by atoms with E-state index in [9.17, 15) is 23.4 Å². The van der Waals surface area contributed by atoms with Crippen molar-refractivity contribution in [2.24, 2.45) is 17.2 Å². The summed E-state index contributed by atoms with van der Waals surface area (Å²) in [7, 11) is -3.19. The Hall–Kier alpha value is -2.62. The number of nitrogens with zero attached hydrogens (tertiary/aromatic N) is 1.